The van der Waals surface area contributed by atoms with Gasteiger partial charge in [-0.15, -0.1) is 0 Å². The fourth-order valence-corrected chi connectivity index (χ4v) is 3.05. The first-order valence-electron chi connectivity index (χ1n) is 5.91. The number of aryl methyl sites for hydroxylation is 1. The van der Waals surface area contributed by atoms with Gasteiger partial charge in [0.25, 0.3) is 0 Å². The number of benzene rings is 1. The molecule has 2 aromatic rings. The third kappa shape index (κ3) is 3.73. The molecule has 0 unspecified atom stereocenters. The maximum atomic E-state index is 12.2. The molecule has 0 aliphatic carbocycles. The molecule has 21 heavy (non-hydrogen) atoms. The van der Waals surface area contributed by atoms with Crippen molar-refractivity contribution in [2.45, 2.75) is 11.4 Å². The molecule has 0 amide bonds. The number of hydrogen-bond donors (Lipinski definition) is 2. The summed E-state index contributed by atoms with van der Waals surface area (Å²) in [6.45, 7) is 0.205. The molecule has 0 atom stereocenters. The average Bonchev–Trinajstić information content (AvgIpc) is 2.90. The molecule has 0 fully saturated rings. The van der Waals surface area contributed by atoms with Crippen LogP contribution in [0.25, 0.3) is 0 Å². The third-order valence-corrected chi connectivity index (χ3v) is 4.71. The van der Waals surface area contributed by atoms with Crippen LogP contribution in [-0.2, 0) is 16.4 Å². The van der Waals surface area contributed by atoms with Crippen molar-refractivity contribution in [1.29, 1.82) is 0 Å². The van der Waals surface area contributed by atoms with Crippen LogP contribution in [0.1, 0.15) is 5.56 Å². The van der Waals surface area contributed by atoms with E-state index in [-0.39, 0.29) is 23.0 Å². The van der Waals surface area contributed by atoms with Gasteiger partial charge in [0.2, 0.25) is 0 Å². The molecular formula is C12H13ClN4O3S. The second kappa shape index (κ2) is 6.15. The highest BCUT2D eigenvalue weighted by atomic mass is 35.5. The van der Waals surface area contributed by atoms with Crippen LogP contribution < -0.4 is 5.73 Å². The van der Waals surface area contributed by atoms with Gasteiger partial charge in [0, 0.05) is 11.8 Å². The summed E-state index contributed by atoms with van der Waals surface area (Å²) in [6.07, 6.45) is 3.00. The van der Waals surface area contributed by atoms with Crippen LogP contribution in [0.2, 0.25) is 5.02 Å². The van der Waals surface area contributed by atoms with Gasteiger partial charge in [0.05, 0.1) is 28.4 Å². The third-order valence-electron chi connectivity index (χ3n) is 2.81. The number of nitrogens with two attached hydrogens (primary N) is 1. The van der Waals surface area contributed by atoms with E-state index in [1.54, 1.807) is 6.20 Å². The lowest BCUT2D eigenvalue weighted by atomic mass is 10.2. The van der Waals surface area contributed by atoms with Crippen molar-refractivity contribution >= 4 is 27.3 Å². The maximum absolute atomic E-state index is 12.2. The van der Waals surface area contributed by atoms with Gasteiger partial charge in [-0.2, -0.15) is 5.10 Å². The van der Waals surface area contributed by atoms with Crippen LogP contribution in [0.4, 0.5) is 0 Å². The Morgan fingerprint density at radius 2 is 2.05 bits per heavy atom. The molecule has 2 rings (SSSR count). The van der Waals surface area contributed by atoms with Crippen molar-refractivity contribution in [1.82, 2.24) is 9.78 Å². The second-order valence-corrected chi connectivity index (χ2v) is 6.80. The molecule has 7 nitrogen and oxygen atoms in total. The maximum Gasteiger partial charge on any atom is 0.180 e. The summed E-state index contributed by atoms with van der Waals surface area (Å²) < 4.78 is 25.8. The molecular weight excluding hydrogens is 316 g/mol. The standard InChI is InChI=1S/C12H13ClN4O3S/c13-10-7-15-17(8-10)5-6-21(19,20)11-3-1-9(2-4-11)12(14)16-18/h1-4,7-8,18H,5-6H2,(H2,14,16). The number of halogens is 1. The quantitative estimate of drug-likeness (QED) is 0.369. The van der Waals surface area contributed by atoms with Gasteiger partial charge in [-0.1, -0.05) is 16.8 Å². The normalized spacial score (nSPS) is 12.5. The summed E-state index contributed by atoms with van der Waals surface area (Å²) in [5.74, 6) is -0.182. The molecule has 9 heteroatoms. The zero-order valence-corrected chi connectivity index (χ0v) is 12.4. The summed E-state index contributed by atoms with van der Waals surface area (Å²) in [5.41, 5.74) is 5.86. The van der Waals surface area contributed by atoms with Gasteiger partial charge >= 0.3 is 0 Å². The van der Waals surface area contributed by atoms with E-state index >= 15 is 0 Å². The minimum Gasteiger partial charge on any atom is -0.409 e. The van der Waals surface area contributed by atoms with E-state index in [1.807, 2.05) is 0 Å². The highest BCUT2D eigenvalue weighted by Gasteiger charge is 2.15. The van der Waals surface area contributed by atoms with E-state index in [4.69, 9.17) is 22.5 Å². The van der Waals surface area contributed by atoms with E-state index in [2.05, 4.69) is 10.3 Å². The molecule has 112 valence electrons. The Bertz CT molecular complexity index is 753. The summed E-state index contributed by atoms with van der Waals surface area (Å²) in [6, 6.07) is 5.79. The topological polar surface area (TPSA) is 111 Å². The van der Waals surface area contributed by atoms with E-state index in [0.29, 0.717) is 10.6 Å². The van der Waals surface area contributed by atoms with Gasteiger partial charge in [-0.25, -0.2) is 8.42 Å². The van der Waals surface area contributed by atoms with Gasteiger partial charge in [-0.05, 0) is 24.3 Å². The summed E-state index contributed by atoms with van der Waals surface area (Å²) in [7, 11) is -3.45. The first kappa shape index (κ1) is 15.3. The van der Waals surface area contributed by atoms with Gasteiger partial charge in [-0.3, -0.25) is 4.68 Å². The minimum atomic E-state index is -3.45. The van der Waals surface area contributed by atoms with Gasteiger partial charge < -0.3 is 10.9 Å². The van der Waals surface area contributed by atoms with E-state index in [9.17, 15) is 8.42 Å². The number of nitrogens with zero attached hydrogens (tertiary/aromatic N) is 3. The number of aromatic nitrogens is 2. The molecule has 0 saturated carbocycles. The zero-order chi connectivity index (χ0) is 15.5. The van der Waals surface area contributed by atoms with Crippen LogP contribution in [0, 0.1) is 0 Å². The summed E-state index contributed by atoms with van der Waals surface area (Å²) in [4.78, 5) is 0.162. The minimum absolute atomic E-state index is 0.0786. The SMILES string of the molecule is N/C(=N/O)c1ccc(S(=O)(=O)CCn2cc(Cl)cn2)cc1. The highest BCUT2D eigenvalue weighted by Crippen LogP contribution is 2.13. The molecule has 0 saturated heterocycles. The first-order valence-corrected chi connectivity index (χ1v) is 7.94. The molecule has 0 aliphatic rings. The molecule has 1 aromatic carbocycles. The smallest absolute Gasteiger partial charge is 0.180 e. The lowest BCUT2D eigenvalue weighted by Gasteiger charge is -2.06. The number of oxime groups is 1. The van der Waals surface area contributed by atoms with Gasteiger partial charge in [0.15, 0.2) is 15.7 Å². The Hall–Kier alpha value is -2.06. The van der Waals surface area contributed by atoms with Crippen LogP contribution in [0.3, 0.4) is 0 Å². The largest absolute Gasteiger partial charge is 0.409 e. The fraction of sp³-hybridized carbons (Fsp3) is 0.167. The Balaban J connectivity index is 2.12. The average molecular weight is 329 g/mol. The molecule has 0 bridgehead atoms. The summed E-state index contributed by atoms with van der Waals surface area (Å²) >= 11 is 5.71. The van der Waals surface area contributed by atoms with Crippen LogP contribution >= 0.6 is 11.6 Å². The monoisotopic (exact) mass is 328 g/mol. The highest BCUT2D eigenvalue weighted by molar-refractivity contribution is 7.91. The Labute approximate surface area is 126 Å². The molecule has 1 heterocycles. The van der Waals surface area contributed by atoms with Crippen molar-refractivity contribution in [3.63, 3.8) is 0 Å². The van der Waals surface area contributed by atoms with E-state index < -0.39 is 9.84 Å². The number of amidine groups is 1. The predicted octanol–water partition coefficient (Wildman–Crippen LogP) is 1.10. The second-order valence-electron chi connectivity index (χ2n) is 4.25. The number of sulfone groups is 1. The lowest BCUT2D eigenvalue weighted by molar-refractivity contribution is 0.318. The Kier molecular flexibility index (Phi) is 4.49. The van der Waals surface area contributed by atoms with E-state index in [1.165, 1.54) is 35.1 Å². The lowest BCUT2D eigenvalue weighted by Crippen LogP contribution is -2.15. The van der Waals surface area contributed by atoms with Crippen LogP contribution in [0.15, 0.2) is 46.7 Å². The molecule has 1 aromatic heterocycles. The first-order chi connectivity index (χ1) is 9.92. The molecule has 0 spiro atoms. The molecule has 0 aliphatic heterocycles. The zero-order valence-electron chi connectivity index (χ0n) is 10.8. The fourth-order valence-electron chi connectivity index (χ4n) is 1.68. The van der Waals surface area contributed by atoms with Crippen molar-refractivity contribution in [3.8, 4) is 0 Å². The van der Waals surface area contributed by atoms with Crippen LogP contribution in [-0.4, -0.2) is 35.0 Å². The molecule has 3 N–H and O–H groups in total. The Morgan fingerprint density at radius 3 is 2.57 bits per heavy atom. The number of rotatable bonds is 5. The van der Waals surface area contributed by atoms with Gasteiger partial charge in [0.1, 0.15) is 0 Å². The number of hydrogen-bond acceptors (Lipinski definition) is 5. The predicted molar refractivity (Wildman–Crippen MR) is 78.2 cm³/mol. The van der Waals surface area contributed by atoms with Crippen molar-refractivity contribution in [2.75, 3.05) is 5.75 Å². The van der Waals surface area contributed by atoms with Crippen molar-refractivity contribution in [3.05, 3.63) is 47.2 Å². The Morgan fingerprint density at radius 1 is 1.38 bits per heavy atom. The summed E-state index contributed by atoms with van der Waals surface area (Å²) in [5, 5.41) is 15.8. The van der Waals surface area contributed by atoms with Crippen molar-refractivity contribution < 1.29 is 13.6 Å². The van der Waals surface area contributed by atoms with Crippen LogP contribution in [0.5, 0.6) is 0 Å². The van der Waals surface area contributed by atoms with Crippen molar-refractivity contribution in [2.24, 2.45) is 10.9 Å². The molecule has 0 radical (unpaired) electrons. The van der Waals surface area contributed by atoms with E-state index in [0.717, 1.165) is 0 Å².